The van der Waals surface area contributed by atoms with E-state index in [1.807, 2.05) is 13.8 Å². The van der Waals surface area contributed by atoms with Gasteiger partial charge in [0, 0.05) is 22.7 Å². The molecule has 4 bridgehead atoms. The second kappa shape index (κ2) is 9.11. The maximum Gasteiger partial charge on any atom is 0.188 e. The Morgan fingerprint density at radius 3 is 2.43 bits per heavy atom. The van der Waals surface area contributed by atoms with E-state index < -0.39 is 11.2 Å². The predicted molar refractivity (Wildman–Crippen MR) is 181 cm³/mol. The van der Waals surface area contributed by atoms with Gasteiger partial charge in [0.15, 0.2) is 7.28 Å². The summed E-state index contributed by atoms with van der Waals surface area (Å²) in [6, 6.07) is 29.9. The van der Waals surface area contributed by atoms with Crippen molar-refractivity contribution in [3.63, 3.8) is 0 Å². The highest BCUT2D eigenvalue weighted by Crippen LogP contribution is 2.73. The Hall–Kier alpha value is -3.34. The number of rotatable bonds is 6. The molecule has 5 aliphatic rings. The van der Waals surface area contributed by atoms with E-state index in [-0.39, 0.29) is 5.41 Å². The van der Waals surface area contributed by atoms with Crippen molar-refractivity contribution >= 4 is 34.7 Å². The monoisotopic (exact) mass is 580 g/mol. The van der Waals surface area contributed by atoms with Gasteiger partial charge in [0.25, 0.3) is 0 Å². The van der Waals surface area contributed by atoms with Crippen molar-refractivity contribution in [1.82, 2.24) is 0 Å². The van der Waals surface area contributed by atoms with Crippen LogP contribution in [0.1, 0.15) is 64.5 Å². The van der Waals surface area contributed by atoms with Crippen molar-refractivity contribution in [3.8, 4) is 22.3 Å². The molecule has 44 heavy (non-hydrogen) atoms. The van der Waals surface area contributed by atoms with Crippen molar-refractivity contribution in [3.05, 3.63) is 90.0 Å². The summed E-state index contributed by atoms with van der Waals surface area (Å²) in [5.41, 5.74) is 10.4. The first-order valence-corrected chi connectivity index (χ1v) is 16.7. The fraction of sp³-hybridized carbons (Fsp3) is 0.400. The van der Waals surface area contributed by atoms with E-state index >= 15 is 0 Å². The first-order chi connectivity index (χ1) is 21.1. The molecule has 0 saturated heterocycles. The second-order valence-corrected chi connectivity index (χ2v) is 15.4. The van der Waals surface area contributed by atoms with E-state index in [2.05, 4.69) is 78.9 Å². The van der Waals surface area contributed by atoms with E-state index in [0.29, 0.717) is 6.51 Å². The van der Waals surface area contributed by atoms with Gasteiger partial charge in [0.2, 0.25) is 0 Å². The smallest absolute Gasteiger partial charge is 0.188 e. The first kappa shape index (κ1) is 27.0. The maximum atomic E-state index is 10.4. The van der Waals surface area contributed by atoms with E-state index in [1.165, 1.54) is 58.8 Å². The molecule has 1 aromatic heterocycles. The lowest BCUT2D eigenvalue weighted by atomic mass is 9.59. The summed E-state index contributed by atoms with van der Waals surface area (Å²) < 4.78 is 12.4. The largest absolute Gasteiger partial charge is 0.456 e. The van der Waals surface area contributed by atoms with Crippen LogP contribution in [0.25, 0.3) is 44.2 Å². The Morgan fingerprint density at radius 1 is 0.795 bits per heavy atom. The average molecular weight is 581 g/mol. The molecule has 5 atom stereocenters. The Morgan fingerprint density at radius 2 is 1.59 bits per heavy atom. The standard InChI is InChI=1S/C40H41BO3/c1-38(2,42)39(3,4)43-22-41-28-11-13-31-32-19-24(10-14-36(32)44-37(31)21-28)25-9-12-30-29-7-5-6-8-33(29)40(35(30)20-25)27-16-23-15-26(18-27)34(40)17-23/h5-14,19-21,23,26-27,34,41-42H,15-18,22H2,1-4H3. The maximum absolute atomic E-state index is 10.4. The number of benzene rings is 4. The number of aliphatic hydroxyl groups is 1. The van der Waals surface area contributed by atoms with Crippen LogP contribution >= 0.6 is 0 Å². The van der Waals surface area contributed by atoms with E-state index in [4.69, 9.17) is 9.15 Å². The second-order valence-electron chi connectivity index (χ2n) is 15.4. The van der Waals surface area contributed by atoms with Gasteiger partial charge in [-0.15, -0.1) is 0 Å². The molecule has 1 N–H and O–H groups in total. The molecule has 4 saturated carbocycles. The minimum absolute atomic E-state index is 0.203. The van der Waals surface area contributed by atoms with Gasteiger partial charge in [0.1, 0.15) is 11.2 Å². The highest BCUT2D eigenvalue weighted by molar-refractivity contribution is 6.53. The van der Waals surface area contributed by atoms with Gasteiger partial charge in [-0.05, 0) is 135 Å². The van der Waals surface area contributed by atoms with Gasteiger partial charge in [-0.3, -0.25) is 0 Å². The predicted octanol–water partition coefficient (Wildman–Crippen LogP) is 8.17. The summed E-state index contributed by atoms with van der Waals surface area (Å²) in [6.07, 6.45) is 5.69. The van der Waals surface area contributed by atoms with Crippen molar-refractivity contribution < 1.29 is 14.3 Å². The molecule has 0 radical (unpaired) electrons. The third-order valence-corrected chi connectivity index (χ3v) is 12.6. The number of furan rings is 1. The summed E-state index contributed by atoms with van der Waals surface area (Å²) in [6.45, 7) is 8.01. The third-order valence-electron chi connectivity index (χ3n) is 12.6. The first-order valence-electron chi connectivity index (χ1n) is 16.7. The van der Waals surface area contributed by atoms with Crippen molar-refractivity contribution in [2.45, 2.75) is 70.0 Å². The van der Waals surface area contributed by atoms with Crippen LogP contribution in [0.2, 0.25) is 0 Å². The molecule has 10 rings (SSSR count). The molecular formula is C40H41BO3. The van der Waals surface area contributed by atoms with Gasteiger partial charge >= 0.3 is 0 Å². The Kier molecular flexibility index (Phi) is 5.60. The Bertz CT molecular complexity index is 1960. The van der Waals surface area contributed by atoms with E-state index in [9.17, 15) is 5.11 Å². The summed E-state index contributed by atoms with van der Waals surface area (Å²) >= 11 is 0. The molecule has 3 nitrogen and oxygen atoms in total. The molecule has 4 aromatic carbocycles. The third kappa shape index (κ3) is 3.65. The van der Waals surface area contributed by atoms with Crippen molar-refractivity contribution in [1.29, 1.82) is 0 Å². The normalized spacial score (nSPS) is 26.7. The van der Waals surface area contributed by atoms with E-state index in [0.717, 1.165) is 47.5 Å². The molecule has 5 aromatic rings. The van der Waals surface area contributed by atoms with Gasteiger partial charge in [0.05, 0.1) is 11.2 Å². The fourth-order valence-electron chi connectivity index (χ4n) is 9.91. The van der Waals surface area contributed by atoms with Crippen LogP contribution < -0.4 is 5.46 Å². The minimum Gasteiger partial charge on any atom is -0.456 e. The molecule has 222 valence electrons. The Labute approximate surface area is 260 Å². The van der Waals surface area contributed by atoms with Crippen LogP contribution in [-0.2, 0) is 10.2 Å². The zero-order valence-corrected chi connectivity index (χ0v) is 26.3. The zero-order valence-electron chi connectivity index (χ0n) is 26.3. The highest BCUT2D eigenvalue weighted by Gasteiger charge is 2.65. The quantitative estimate of drug-likeness (QED) is 0.206. The molecule has 0 amide bonds. The summed E-state index contributed by atoms with van der Waals surface area (Å²) in [5.74, 6) is 3.44. The van der Waals surface area contributed by atoms with Crippen LogP contribution in [0.15, 0.2) is 83.3 Å². The van der Waals surface area contributed by atoms with Crippen LogP contribution in [-0.4, -0.2) is 30.1 Å². The van der Waals surface area contributed by atoms with Crippen LogP contribution in [0.4, 0.5) is 0 Å². The lowest BCUT2D eigenvalue weighted by Crippen LogP contribution is -2.48. The fourth-order valence-corrected chi connectivity index (χ4v) is 9.91. The number of ether oxygens (including phenoxy) is 1. The summed E-state index contributed by atoms with van der Waals surface area (Å²) in [5, 5.41) is 12.7. The van der Waals surface area contributed by atoms with Crippen LogP contribution in [0.5, 0.6) is 0 Å². The SMILES string of the molecule is CC(C)(O)C(C)(C)OCBc1ccc2c(c1)oc1ccc(-c3ccc4c(c3)C3(c5ccccc5-4)C4CC5CC(C4)C3C5)cc12. The van der Waals surface area contributed by atoms with Crippen LogP contribution in [0, 0.1) is 23.7 Å². The number of fused-ring (bicyclic) bond motifs is 6. The molecule has 5 aliphatic carbocycles. The molecule has 4 heteroatoms. The molecule has 1 heterocycles. The van der Waals surface area contributed by atoms with Crippen LogP contribution in [0.3, 0.4) is 0 Å². The molecule has 0 aliphatic heterocycles. The number of hydrogen-bond acceptors (Lipinski definition) is 3. The van der Waals surface area contributed by atoms with Gasteiger partial charge < -0.3 is 14.3 Å². The molecular weight excluding hydrogens is 539 g/mol. The lowest BCUT2D eigenvalue weighted by molar-refractivity contribution is -0.135. The average Bonchev–Trinajstić information content (AvgIpc) is 3.67. The highest BCUT2D eigenvalue weighted by atomic mass is 16.5. The molecule has 4 fully saturated rings. The van der Waals surface area contributed by atoms with Gasteiger partial charge in [-0.25, -0.2) is 0 Å². The van der Waals surface area contributed by atoms with Crippen molar-refractivity contribution in [2.75, 3.05) is 6.51 Å². The van der Waals surface area contributed by atoms with E-state index in [1.54, 1.807) is 25.0 Å². The summed E-state index contributed by atoms with van der Waals surface area (Å²) in [4.78, 5) is 0. The van der Waals surface area contributed by atoms with Gasteiger partial charge in [-0.2, -0.15) is 0 Å². The Balaban J connectivity index is 1.07. The summed E-state index contributed by atoms with van der Waals surface area (Å²) in [7, 11) is 0.764. The topological polar surface area (TPSA) is 42.6 Å². The van der Waals surface area contributed by atoms with Gasteiger partial charge in [-0.1, -0.05) is 60.1 Å². The molecule has 1 spiro atoms. The minimum atomic E-state index is -0.910. The molecule has 5 unspecified atom stereocenters. The number of hydrogen-bond donors (Lipinski definition) is 1. The van der Waals surface area contributed by atoms with Crippen molar-refractivity contribution in [2.24, 2.45) is 23.7 Å². The zero-order chi connectivity index (χ0) is 30.0. The lowest BCUT2D eigenvalue weighted by Gasteiger charge is -2.44.